The molecule has 1 saturated carbocycles. The molecular weight excluding hydrogens is 254 g/mol. The maximum Gasteiger partial charge on any atom is 0.308 e. The molecule has 2 rings (SSSR count). The number of aliphatic carboxylic acids is 1. The Bertz CT molecular complexity index is 372. The molecule has 1 N–H and O–H groups in total. The molecule has 2 fully saturated rings. The zero-order valence-electron chi connectivity index (χ0n) is 12.7. The van der Waals surface area contributed by atoms with Crippen LogP contribution in [0, 0.1) is 17.3 Å². The largest absolute Gasteiger partial charge is 0.481 e. The second-order valence-electron chi connectivity index (χ2n) is 7.01. The molecule has 1 aliphatic carbocycles. The number of hydrogen-bond donors (Lipinski definition) is 1. The number of rotatable bonds is 4. The van der Waals surface area contributed by atoms with Crippen LogP contribution in [-0.4, -0.2) is 35.0 Å². The molecule has 1 aliphatic heterocycles. The van der Waals surface area contributed by atoms with Gasteiger partial charge in [0.25, 0.3) is 0 Å². The van der Waals surface area contributed by atoms with Gasteiger partial charge in [-0.15, -0.1) is 0 Å². The lowest BCUT2D eigenvalue weighted by molar-refractivity contribution is -0.150. The molecule has 0 unspecified atom stereocenters. The molecule has 0 radical (unpaired) electrons. The van der Waals surface area contributed by atoms with Gasteiger partial charge in [0.1, 0.15) is 0 Å². The summed E-state index contributed by atoms with van der Waals surface area (Å²) in [5.41, 5.74) is -0.200. The van der Waals surface area contributed by atoms with E-state index in [1.54, 1.807) is 0 Å². The van der Waals surface area contributed by atoms with E-state index in [4.69, 9.17) is 0 Å². The van der Waals surface area contributed by atoms with Crippen LogP contribution < -0.4 is 0 Å². The molecular formula is C16H27NO3. The third-order valence-corrected chi connectivity index (χ3v) is 4.87. The van der Waals surface area contributed by atoms with Gasteiger partial charge >= 0.3 is 5.97 Å². The fraction of sp³-hybridized carbons (Fsp3) is 0.875. The van der Waals surface area contributed by atoms with Crippen molar-refractivity contribution >= 4 is 11.9 Å². The van der Waals surface area contributed by atoms with Crippen LogP contribution in [-0.2, 0) is 9.59 Å². The monoisotopic (exact) mass is 281 g/mol. The second kappa shape index (κ2) is 6.15. The van der Waals surface area contributed by atoms with Gasteiger partial charge < -0.3 is 10.0 Å². The molecule has 0 spiro atoms. The summed E-state index contributed by atoms with van der Waals surface area (Å²) in [5.74, 6) is -0.385. The van der Waals surface area contributed by atoms with Crippen LogP contribution in [0.2, 0.25) is 0 Å². The van der Waals surface area contributed by atoms with E-state index in [0.29, 0.717) is 18.9 Å². The highest BCUT2D eigenvalue weighted by Gasteiger charge is 2.44. The number of carboxylic acids is 1. The minimum absolute atomic E-state index is 0.200. The topological polar surface area (TPSA) is 57.6 Å². The summed E-state index contributed by atoms with van der Waals surface area (Å²) in [6, 6.07) is 0. The van der Waals surface area contributed by atoms with Crippen LogP contribution in [0.5, 0.6) is 0 Å². The molecule has 0 bridgehead atoms. The van der Waals surface area contributed by atoms with Gasteiger partial charge in [-0.05, 0) is 38.0 Å². The maximum atomic E-state index is 13.0. The zero-order valence-corrected chi connectivity index (χ0v) is 12.7. The smallest absolute Gasteiger partial charge is 0.308 e. The third-order valence-electron chi connectivity index (χ3n) is 4.87. The average molecular weight is 281 g/mol. The van der Waals surface area contributed by atoms with E-state index in [0.717, 1.165) is 45.1 Å². The van der Waals surface area contributed by atoms with Gasteiger partial charge in [-0.25, -0.2) is 0 Å². The Labute approximate surface area is 121 Å². The van der Waals surface area contributed by atoms with Crippen LogP contribution in [0.1, 0.15) is 58.8 Å². The summed E-state index contributed by atoms with van der Waals surface area (Å²) in [6.45, 7) is 5.49. The third kappa shape index (κ3) is 3.15. The van der Waals surface area contributed by atoms with E-state index in [1.165, 1.54) is 0 Å². The van der Waals surface area contributed by atoms with Crippen LogP contribution in [0.25, 0.3) is 0 Å². The highest BCUT2D eigenvalue weighted by atomic mass is 16.4. The van der Waals surface area contributed by atoms with Gasteiger partial charge in [-0.1, -0.05) is 26.7 Å². The Hall–Kier alpha value is -1.06. The summed E-state index contributed by atoms with van der Waals surface area (Å²) < 4.78 is 0. The standard InChI is InChI=1S/C16H27NO3/c1-12(2)10-16(7-3-4-8-16)15(20)17-9-5-6-13(11-17)14(18)19/h12-13H,3-11H2,1-2H3,(H,18,19)/t13-/m1/s1. The van der Waals surface area contributed by atoms with Crippen molar-refractivity contribution < 1.29 is 14.7 Å². The van der Waals surface area contributed by atoms with Crippen LogP contribution in [0.4, 0.5) is 0 Å². The minimum atomic E-state index is -0.758. The number of carbonyl (C=O) groups excluding carboxylic acids is 1. The molecule has 2 aliphatic rings. The number of piperidine rings is 1. The molecule has 114 valence electrons. The van der Waals surface area contributed by atoms with Gasteiger partial charge in [0.15, 0.2) is 0 Å². The molecule has 0 aromatic carbocycles. The van der Waals surface area contributed by atoms with Gasteiger partial charge in [-0.3, -0.25) is 9.59 Å². The summed E-state index contributed by atoms with van der Waals surface area (Å²) in [7, 11) is 0. The fourth-order valence-electron chi connectivity index (χ4n) is 4.04. The summed E-state index contributed by atoms with van der Waals surface area (Å²) in [6.07, 6.45) is 6.71. The molecule has 1 amide bonds. The van der Waals surface area contributed by atoms with Crippen molar-refractivity contribution in [2.24, 2.45) is 17.3 Å². The van der Waals surface area contributed by atoms with Crippen molar-refractivity contribution in [3.05, 3.63) is 0 Å². The Kier molecular flexibility index (Phi) is 4.71. The van der Waals surface area contributed by atoms with E-state index >= 15 is 0 Å². The number of hydrogen-bond acceptors (Lipinski definition) is 2. The van der Waals surface area contributed by atoms with Gasteiger partial charge in [0.05, 0.1) is 5.92 Å². The Morgan fingerprint density at radius 3 is 2.45 bits per heavy atom. The number of carbonyl (C=O) groups is 2. The second-order valence-corrected chi connectivity index (χ2v) is 7.01. The molecule has 4 heteroatoms. The van der Waals surface area contributed by atoms with Crippen molar-refractivity contribution in [2.45, 2.75) is 58.8 Å². The minimum Gasteiger partial charge on any atom is -0.481 e. The van der Waals surface area contributed by atoms with Crippen molar-refractivity contribution in [3.63, 3.8) is 0 Å². The number of amides is 1. The normalized spacial score (nSPS) is 25.9. The average Bonchev–Trinajstić information content (AvgIpc) is 2.86. The lowest BCUT2D eigenvalue weighted by Gasteiger charge is -2.39. The Balaban J connectivity index is 2.09. The molecule has 1 heterocycles. The quantitative estimate of drug-likeness (QED) is 0.862. The first kappa shape index (κ1) is 15.3. The van der Waals surface area contributed by atoms with Crippen molar-refractivity contribution in [1.29, 1.82) is 0 Å². The van der Waals surface area contributed by atoms with Crippen molar-refractivity contribution in [1.82, 2.24) is 4.90 Å². The number of carboxylic acid groups (broad SMARTS) is 1. The predicted octanol–water partition coefficient (Wildman–Crippen LogP) is 2.92. The van der Waals surface area contributed by atoms with Crippen LogP contribution in [0.15, 0.2) is 0 Å². The zero-order chi connectivity index (χ0) is 14.8. The Morgan fingerprint density at radius 1 is 1.25 bits per heavy atom. The van der Waals surface area contributed by atoms with Gasteiger partial charge in [0, 0.05) is 18.5 Å². The molecule has 1 atom stereocenters. The predicted molar refractivity (Wildman–Crippen MR) is 77.3 cm³/mol. The number of likely N-dealkylation sites (tertiary alicyclic amines) is 1. The van der Waals surface area contributed by atoms with Crippen molar-refractivity contribution in [3.8, 4) is 0 Å². The molecule has 4 nitrogen and oxygen atoms in total. The lowest BCUT2D eigenvalue weighted by Crippen LogP contribution is -2.49. The summed E-state index contributed by atoms with van der Waals surface area (Å²) >= 11 is 0. The van der Waals surface area contributed by atoms with E-state index in [2.05, 4.69) is 13.8 Å². The highest BCUT2D eigenvalue weighted by Crippen LogP contribution is 2.45. The molecule has 0 aromatic heterocycles. The van der Waals surface area contributed by atoms with Crippen LogP contribution in [0.3, 0.4) is 0 Å². The van der Waals surface area contributed by atoms with E-state index in [-0.39, 0.29) is 17.2 Å². The van der Waals surface area contributed by atoms with E-state index in [1.807, 2.05) is 4.90 Å². The summed E-state index contributed by atoms with van der Waals surface area (Å²) in [4.78, 5) is 26.0. The molecule has 20 heavy (non-hydrogen) atoms. The molecule has 0 aromatic rings. The highest BCUT2D eigenvalue weighted by molar-refractivity contribution is 5.84. The fourth-order valence-corrected chi connectivity index (χ4v) is 4.04. The Morgan fingerprint density at radius 2 is 1.90 bits per heavy atom. The number of nitrogens with zero attached hydrogens (tertiary/aromatic N) is 1. The maximum absolute atomic E-state index is 13.0. The SMILES string of the molecule is CC(C)CC1(C(=O)N2CCC[C@@H](C(=O)O)C2)CCCC1. The first-order valence-corrected chi connectivity index (χ1v) is 7.97. The summed E-state index contributed by atoms with van der Waals surface area (Å²) in [5, 5.41) is 9.17. The molecule has 1 saturated heterocycles. The van der Waals surface area contributed by atoms with Crippen molar-refractivity contribution in [2.75, 3.05) is 13.1 Å². The van der Waals surface area contributed by atoms with Gasteiger partial charge in [-0.2, -0.15) is 0 Å². The van der Waals surface area contributed by atoms with Crippen LogP contribution >= 0.6 is 0 Å². The van der Waals surface area contributed by atoms with E-state index < -0.39 is 5.97 Å². The van der Waals surface area contributed by atoms with E-state index in [9.17, 15) is 14.7 Å². The van der Waals surface area contributed by atoms with Gasteiger partial charge in [0.2, 0.25) is 5.91 Å². The first-order valence-electron chi connectivity index (χ1n) is 7.97. The first-order chi connectivity index (χ1) is 9.44. The lowest BCUT2D eigenvalue weighted by atomic mass is 9.76.